The van der Waals surface area contributed by atoms with E-state index < -0.39 is 29.4 Å². The normalized spacial score (nSPS) is 17.8. The van der Waals surface area contributed by atoms with Crippen LogP contribution in [0.5, 0.6) is 5.88 Å². The highest BCUT2D eigenvalue weighted by Gasteiger charge is 2.51. The molecule has 1 fully saturated rings. The Morgan fingerprint density at radius 2 is 2.06 bits per heavy atom. The van der Waals surface area contributed by atoms with Gasteiger partial charge in [0.05, 0.1) is 6.61 Å². The number of carbonyl (C=O) groups excluding carboxylic acids is 3. The van der Waals surface area contributed by atoms with Crippen LogP contribution in [0.25, 0.3) is 10.9 Å². The molecule has 2 amide bonds. The lowest BCUT2D eigenvalue weighted by molar-refractivity contribution is -0.149. The second-order valence-corrected chi connectivity index (χ2v) is 8.15. The van der Waals surface area contributed by atoms with Gasteiger partial charge in [0.1, 0.15) is 5.82 Å². The summed E-state index contributed by atoms with van der Waals surface area (Å²) in [5, 5.41) is 14.1. The maximum Gasteiger partial charge on any atom is 0.515 e. The molecule has 0 radical (unpaired) electrons. The molecule has 4 rings (SSSR count). The molecule has 2 heterocycles. The van der Waals surface area contributed by atoms with Crippen molar-refractivity contribution in [1.82, 2.24) is 10.3 Å². The molecule has 1 atom stereocenters. The molecular weight excluding hydrogens is 469 g/mol. The van der Waals surface area contributed by atoms with Crippen LogP contribution < -0.4 is 15.0 Å². The zero-order valence-corrected chi connectivity index (χ0v) is 18.8. The number of carbonyl (C=O) groups is 3. The number of hydrogen-bond donors (Lipinski definition) is 3. The van der Waals surface area contributed by atoms with E-state index in [1.54, 1.807) is 31.2 Å². The minimum atomic E-state index is -2.26. The lowest BCUT2D eigenvalue weighted by atomic mass is 10.0. The number of nitrogens with zero attached hydrogens (tertiary/aromatic N) is 1. The largest absolute Gasteiger partial charge is 0.515 e. The van der Waals surface area contributed by atoms with E-state index in [4.69, 9.17) is 21.1 Å². The fourth-order valence-corrected chi connectivity index (χ4v) is 4.00. The number of halogens is 2. The number of nitrogens with one attached hydrogen (secondary N) is 2. The Balaban J connectivity index is 1.47. The number of H-pyrrole nitrogens is 1. The molecule has 1 aromatic heterocycles. The molecule has 0 bridgehead atoms. The molecule has 1 saturated heterocycles. The predicted octanol–water partition coefficient (Wildman–Crippen LogP) is 3.28. The van der Waals surface area contributed by atoms with E-state index in [0.717, 1.165) is 6.07 Å². The van der Waals surface area contributed by atoms with Gasteiger partial charge in [-0.3, -0.25) is 9.59 Å². The highest BCUT2D eigenvalue weighted by molar-refractivity contribution is 6.30. The summed E-state index contributed by atoms with van der Waals surface area (Å²) >= 11 is 5.82. The Hall–Kier alpha value is -3.63. The molecule has 0 saturated carbocycles. The number of hydrogen-bond acceptors (Lipinski definition) is 6. The molecule has 0 unspecified atom stereocenters. The molecule has 0 spiro atoms. The molecule has 1 aliphatic rings. The SMILES string of the molecule is CCOC(=O)Oc1cc2cc(N3CC[C@@](O)(C(=O)NCc4cc(F)cc(Cl)c4)C3=O)ccc2[nH]1. The summed E-state index contributed by atoms with van der Waals surface area (Å²) in [6.07, 6.45) is -0.968. The van der Waals surface area contributed by atoms with Gasteiger partial charge in [-0.25, -0.2) is 9.18 Å². The number of rotatable bonds is 6. The van der Waals surface area contributed by atoms with Crippen LogP contribution in [0.4, 0.5) is 14.9 Å². The van der Waals surface area contributed by atoms with Gasteiger partial charge in [0.15, 0.2) is 0 Å². The van der Waals surface area contributed by atoms with Crippen molar-refractivity contribution >= 4 is 46.2 Å². The molecule has 0 aliphatic carbocycles. The van der Waals surface area contributed by atoms with E-state index >= 15 is 0 Å². The van der Waals surface area contributed by atoms with Crippen molar-refractivity contribution in [1.29, 1.82) is 0 Å². The van der Waals surface area contributed by atoms with Crippen molar-refractivity contribution in [2.24, 2.45) is 0 Å². The zero-order valence-electron chi connectivity index (χ0n) is 18.1. The zero-order chi connectivity index (χ0) is 24.5. The van der Waals surface area contributed by atoms with E-state index in [1.807, 2.05) is 0 Å². The Kier molecular flexibility index (Phi) is 6.45. The number of benzene rings is 2. The minimum absolute atomic E-state index is 0.107. The standard InChI is InChI=1S/C23H21ClFN3O6/c1-2-33-22(31)34-19-10-14-9-17(3-4-18(14)27-19)28-6-5-23(32,21(28)30)20(29)26-12-13-7-15(24)11-16(25)8-13/h3-4,7-11,27,32H,2,5-6,12H2,1H3,(H,26,29)/t23-/m1/s1. The third kappa shape index (κ3) is 4.68. The predicted molar refractivity (Wildman–Crippen MR) is 121 cm³/mol. The van der Waals surface area contributed by atoms with Crippen molar-refractivity contribution in [3.05, 3.63) is 58.9 Å². The molecular formula is C23H21ClFN3O6. The van der Waals surface area contributed by atoms with Crippen LogP contribution in [0, 0.1) is 5.82 Å². The van der Waals surface area contributed by atoms with Gasteiger partial charge >= 0.3 is 6.16 Å². The number of ether oxygens (including phenoxy) is 2. The number of anilines is 1. The van der Waals surface area contributed by atoms with Gasteiger partial charge in [0.2, 0.25) is 11.5 Å². The number of fused-ring (bicyclic) bond motifs is 1. The minimum Gasteiger partial charge on any atom is -0.434 e. The monoisotopic (exact) mass is 489 g/mol. The van der Waals surface area contributed by atoms with Crippen LogP contribution in [0.2, 0.25) is 5.02 Å². The average molecular weight is 490 g/mol. The fourth-order valence-electron chi connectivity index (χ4n) is 3.76. The molecule has 34 heavy (non-hydrogen) atoms. The van der Waals surface area contributed by atoms with Gasteiger partial charge in [0, 0.05) is 47.2 Å². The lowest BCUT2D eigenvalue weighted by Gasteiger charge is -2.22. The molecule has 3 aromatic rings. The van der Waals surface area contributed by atoms with Gasteiger partial charge in [-0.15, -0.1) is 0 Å². The lowest BCUT2D eigenvalue weighted by Crippen LogP contribution is -2.52. The van der Waals surface area contributed by atoms with Gasteiger partial charge < -0.3 is 29.8 Å². The van der Waals surface area contributed by atoms with E-state index in [0.29, 0.717) is 22.2 Å². The molecule has 9 nitrogen and oxygen atoms in total. The summed E-state index contributed by atoms with van der Waals surface area (Å²) in [7, 11) is 0. The summed E-state index contributed by atoms with van der Waals surface area (Å²) in [6, 6.07) is 10.4. The topological polar surface area (TPSA) is 121 Å². The van der Waals surface area contributed by atoms with Crippen LogP contribution in [0.3, 0.4) is 0 Å². The van der Waals surface area contributed by atoms with Crippen LogP contribution in [-0.4, -0.2) is 46.8 Å². The molecule has 178 valence electrons. The smallest absolute Gasteiger partial charge is 0.434 e. The number of amides is 2. The van der Waals surface area contributed by atoms with Gasteiger partial charge in [-0.2, -0.15) is 0 Å². The Morgan fingerprint density at radius 1 is 1.26 bits per heavy atom. The maximum absolute atomic E-state index is 13.5. The Bertz CT molecular complexity index is 1260. The van der Waals surface area contributed by atoms with Crippen molar-refractivity contribution in [2.45, 2.75) is 25.5 Å². The molecule has 2 aromatic carbocycles. The van der Waals surface area contributed by atoms with Crippen molar-refractivity contribution in [2.75, 3.05) is 18.1 Å². The maximum atomic E-state index is 13.5. The van der Waals surface area contributed by atoms with Gasteiger partial charge in [-0.1, -0.05) is 11.6 Å². The second kappa shape index (κ2) is 9.32. The van der Waals surface area contributed by atoms with Crippen LogP contribution in [-0.2, 0) is 20.9 Å². The first-order valence-electron chi connectivity index (χ1n) is 10.4. The summed E-state index contributed by atoms with van der Waals surface area (Å²) in [6.45, 7) is 1.83. The van der Waals surface area contributed by atoms with Crippen LogP contribution in [0.15, 0.2) is 42.5 Å². The quantitative estimate of drug-likeness (QED) is 0.361. The van der Waals surface area contributed by atoms with Crippen molar-refractivity contribution < 1.29 is 33.4 Å². The summed E-state index contributed by atoms with van der Waals surface area (Å²) < 4.78 is 23.3. The highest BCUT2D eigenvalue weighted by atomic mass is 35.5. The Morgan fingerprint density at radius 3 is 2.79 bits per heavy atom. The summed E-state index contributed by atoms with van der Waals surface area (Å²) in [5.41, 5.74) is -0.762. The van der Waals surface area contributed by atoms with E-state index in [9.17, 15) is 23.9 Å². The average Bonchev–Trinajstić information content (AvgIpc) is 3.31. The van der Waals surface area contributed by atoms with Crippen molar-refractivity contribution in [3.8, 4) is 5.88 Å². The highest BCUT2D eigenvalue weighted by Crippen LogP contribution is 2.32. The number of aromatic amines is 1. The van der Waals surface area contributed by atoms with E-state index in [2.05, 4.69) is 10.3 Å². The summed E-state index contributed by atoms with van der Waals surface area (Å²) in [4.78, 5) is 41.4. The first-order chi connectivity index (χ1) is 16.2. The first kappa shape index (κ1) is 23.5. The number of aromatic nitrogens is 1. The van der Waals surface area contributed by atoms with E-state index in [1.165, 1.54) is 17.0 Å². The Labute approximate surface area is 198 Å². The van der Waals surface area contributed by atoms with Crippen LogP contribution >= 0.6 is 11.6 Å². The number of aliphatic hydroxyl groups is 1. The fraction of sp³-hybridized carbons (Fsp3) is 0.261. The molecule has 1 aliphatic heterocycles. The van der Waals surface area contributed by atoms with Gasteiger partial charge in [-0.05, 0) is 48.9 Å². The van der Waals surface area contributed by atoms with Crippen molar-refractivity contribution in [3.63, 3.8) is 0 Å². The van der Waals surface area contributed by atoms with E-state index in [-0.39, 0.29) is 37.0 Å². The molecule has 3 N–H and O–H groups in total. The van der Waals surface area contributed by atoms with Gasteiger partial charge in [0.25, 0.3) is 11.8 Å². The molecule has 11 heteroatoms. The van der Waals surface area contributed by atoms with Crippen LogP contribution in [0.1, 0.15) is 18.9 Å². The summed E-state index contributed by atoms with van der Waals surface area (Å²) in [5.74, 6) is -2.05. The second-order valence-electron chi connectivity index (χ2n) is 7.72. The third-order valence-electron chi connectivity index (χ3n) is 5.39. The first-order valence-corrected chi connectivity index (χ1v) is 10.8. The third-order valence-corrected chi connectivity index (χ3v) is 5.61.